The summed E-state index contributed by atoms with van der Waals surface area (Å²) in [6.07, 6.45) is 0.974. The Bertz CT molecular complexity index is 332. The molecular formula is C12H17NO2. The van der Waals surface area contributed by atoms with Crippen LogP contribution in [0.4, 0.5) is 5.69 Å². The highest BCUT2D eigenvalue weighted by molar-refractivity contribution is 5.46. The standard InChI is InChI=1S/C12H17NO2/c1-12(14-7-4-8-15-12)10-5-3-6-11(9-10)13-2/h3,5-6,9,13H,4,7-8H2,1-2H3. The average Bonchev–Trinajstić information content (AvgIpc) is 2.30. The zero-order valence-electron chi connectivity index (χ0n) is 9.25. The van der Waals surface area contributed by atoms with E-state index in [9.17, 15) is 0 Å². The zero-order valence-corrected chi connectivity index (χ0v) is 9.25. The van der Waals surface area contributed by atoms with Crippen LogP contribution in [0, 0.1) is 0 Å². The molecule has 3 nitrogen and oxygen atoms in total. The number of benzene rings is 1. The van der Waals surface area contributed by atoms with Gasteiger partial charge in [0.25, 0.3) is 0 Å². The molecule has 1 heterocycles. The van der Waals surface area contributed by atoms with Crippen molar-refractivity contribution < 1.29 is 9.47 Å². The van der Waals surface area contributed by atoms with E-state index in [2.05, 4.69) is 11.4 Å². The molecule has 0 aliphatic carbocycles. The van der Waals surface area contributed by atoms with Crippen molar-refractivity contribution >= 4 is 5.69 Å². The Labute approximate surface area is 90.4 Å². The lowest BCUT2D eigenvalue weighted by Gasteiger charge is -2.34. The summed E-state index contributed by atoms with van der Waals surface area (Å²) in [6, 6.07) is 8.13. The van der Waals surface area contributed by atoms with E-state index in [0.717, 1.165) is 30.9 Å². The van der Waals surface area contributed by atoms with Crippen LogP contribution in [0.1, 0.15) is 18.9 Å². The lowest BCUT2D eigenvalue weighted by molar-refractivity contribution is -0.264. The number of hydrogen-bond donors (Lipinski definition) is 1. The fraction of sp³-hybridized carbons (Fsp3) is 0.500. The van der Waals surface area contributed by atoms with Gasteiger partial charge >= 0.3 is 0 Å². The molecule has 1 N–H and O–H groups in total. The number of hydrogen-bond acceptors (Lipinski definition) is 3. The summed E-state index contributed by atoms with van der Waals surface area (Å²) in [5.41, 5.74) is 2.14. The Morgan fingerprint density at radius 1 is 1.27 bits per heavy atom. The molecule has 0 saturated carbocycles. The second kappa shape index (κ2) is 4.21. The number of anilines is 1. The molecule has 2 rings (SSSR count). The third-order valence-electron chi connectivity index (χ3n) is 2.72. The van der Waals surface area contributed by atoms with Crippen LogP contribution in [0.15, 0.2) is 24.3 Å². The molecule has 1 aromatic carbocycles. The van der Waals surface area contributed by atoms with Gasteiger partial charge in [0.05, 0.1) is 13.2 Å². The monoisotopic (exact) mass is 207 g/mol. The molecule has 0 unspecified atom stereocenters. The molecule has 1 aliphatic rings. The van der Waals surface area contributed by atoms with Gasteiger partial charge in [0.15, 0.2) is 5.79 Å². The summed E-state index contributed by atoms with van der Waals surface area (Å²) >= 11 is 0. The fourth-order valence-electron chi connectivity index (χ4n) is 1.76. The van der Waals surface area contributed by atoms with E-state index in [0.29, 0.717) is 0 Å². The van der Waals surface area contributed by atoms with Crippen LogP contribution in [-0.4, -0.2) is 20.3 Å². The highest BCUT2D eigenvalue weighted by Crippen LogP contribution is 2.31. The first-order valence-electron chi connectivity index (χ1n) is 5.31. The summed E-state index contributed by atoms with van der Waals surface area (Å²) in [6.45, 7) is 3.50. The van der Waals surface area contributed by atoms with Crippen LogP contribution >= 0.6 is 0 Å². The normalized spacial score (nSPS) is 19.9. The number of nitrogens with one attached hydrogen (secondary N) is 1. The number of rotatable bonds is 2. The van der Waals surface area contributed by atoms with E-state index in [1.54, 1.807) is 0 Å². The van der Waals surface area contributed by atoms with Gasteiger partial charge in [-0.2, -0.15) is 0 Å². The summed E-state index contributed by atoms with van der Waals surface area (Å²) in [5.74, 6) is -0.578. The minimum Gasteiger partial charge on any atom is -0.388 e. The third kappa shape index (κ3) is 2.13. The first-order valence-corrected chi connectivity index (χ1v) is 5.31. The molecule has 1 aromatic rings. The molecule has 0 bridgehead atoms. The maximum Gasteiger partial charge on any atom is 0.191 e. The Balaban J connectivity index is 2.26. The van der Waals surface area contributed by atoms with Crippen molar-refractivity contribution in [2.45, 2.75) is 19.1 Å². The summed E-state index contributed by atoms with van der Waals surface area (Å²) < 4.78 is 11.4. The predicted octanol–water partition coefficient (Wildman–Crippen LogP) is 2.34. The molecule has 3 heteroatoms. The smallest absolute Gasteiger partial charge is 0.191 e. The summed E-state index contributed by atoms with van der Waals surface area (Å²) in [5, 5.41) is 3.11. The van der Waals surface area contributed by atoms with Gasteiger partial charge in [-0.05, 0) is 25.5 Å². The maximum absolute atomic E-state index is 5.70. The minimum absolute atomic E-state index is 0.578. The molecule has 1 fully saturated rings. The second-order valence-electron chi connectivity index (χ2n) is 3.83. The number of ether oxygens (including phenoxy) is 2. The van der Waals surface area contributed by atoms with Gasteiger partial charge in [0, 0.05) is 18.3 Å². The Kier molecular flexibility index (Phi) is 2.93. The minimum atomic E-state index is -0.578. The van der Waals surface area contributed by atoms with Crippen molar-refractivity contribution in [2.75, 3.05) is 25.6 Å². The lowest BCUT2D eigenvalue weighted by Crippen LogP contribution is -2.34. The van der Waals surface area contributed by atoms with Crippen molar-refractivity contribution in [3.63, 3.8) is 0 Å². The van der Waals surface area contributed by atoms with E-state index >= 15 is 0 Å². The van der Waals surface area contributed by atoms with Crippen molar-refractivity contribution in [1.82, 2.24) is 0 Å². The van der Waals surface area contributed by atoms with Crippen LogP contribution in [0.5, 0.6) is 0 Å². The van der Waals surface area contributed by atoms with Crippen LogP contribution < -0.4 is 5.32 Å². The molecular weight excluding hydrogens is 190 g/mol. The van der Waals surface area contributed by atoms with Gasteiger partial charge < -0.3 is 14.8 Å². The molecule has 0 atom stereocenters. The molecule has 0 spiro atoms. The third-order valence-corrected chi connectivity index (χ3v) is 2.72. The van der Waals surface area contributed by atoms with E-state index in [4.69, 9.17) is 9.47 Å². The van der Waals surface area contributed by atoms with Crippen LogP contribution in [0.3, 0.4) is 0 Å². The maximum atomic E-state index is 5.70. The van der Waals surface area contributed by atoms with Crippen LogP contribution in [0.25, 0.3) is 0 Å². The molecule has 82 valence electrons. The van der Waals surface area contributed by atoms with E-state index in [-0.39, 0.29) is 0 Å². The lowest BCUT2D eigenvalue weighted by atomic mass is 10.1. The van der Waals surface area contributed by atoms with Gasteiger partial charge in [-0.1, -0.05) is 12.1 Å². The zero-order chi connectivity index (χ0) is 10.7. The topological polar surface area (TPSA) is 30.5 Å². The van der Waals surface area contributed by atoms with Crippen molar-refractivity contribution in [1.29, 1.82) is 0 Å². The molecule has 1 saturated heterocycles. The van der Waals surface area contributed by atoms with Gasteiger partial charge in [0.1, 0.15) is 0 Å². The first kappa shape index (κ1) is 10.5. The second-order valence-corrected chi connectivity index (χ2v) is 3.83. The van der Waals surface area contributed by atoms with E-state index < -0.39 is 5.79 Å². The molecule has 15 heavy (non-hydrogen) atoms. The van der Waals surface area contributed by atoms with Crippen molar-refractivity contribution in [3.8, 4) is 0 Å². The highest BCUT2D eigenvalue weighted by Gasteiger charge is 2.31. The molecule has 0 radical (unpaired) electrons. The quantitative estimate of drug-likeness (QED) is 0.807. The summed E-state index contributed by atoms with van der Waals surface area (Å²) in [7, 11) is 1.91. The van der Waals surface area contributed by atoms with Crippen molar-refractivity contribution in [2.24, 2.45) is 0 Å². The average molecular weight is 207 g/mol. The van der Waals surface area contributed by atoms with Gasteiger partial charge in [-0.3, -0.25) is 0 Å². The SMILES string of the molecule is CNc1cccc(C2(C)OCCCO2)c1. The van der Waals surface area contributed by atoms with E-state index in [1.807, 2.05) is 32.2 Å². The highest BCUT2D eigenvalue weighted by atomic mass is 16.7. The Morgan fingerprint density at radius 3 is 2.67 bits per heavy atom. The summed E-state index contributed by atoms with van der Waals surface area (Å²) in [4.78, 5) is 0. The van der Waals surface area contributed by atoms with Crippen LogP contribution in [0.2, 0.25) is 0 Å². The Hall–Kier alpha value is -1.06. The van der Waals surface area contributed by atoms with E-state index in [1.165, 1.54) is 0 Å². The Morgan fingerprint density at radius 2 is 2.00 bits per heavy atom. The van der Waals surface area contributed by atoms with Gasteiger partial charge in [0.2, 0.25) is 0 Å². The van der Waals surface area contributed by atoms with Crippen molar-refractivity contribution in [3.05, 3.63) is 29.8 Å². The van der Waals surface area contributed by atoms with Gasteiger partial charge in [-0.15, -0.1) is 0 Å². The molecule has 0 aromatic heterocycles. The van der Waals surface area contributed by atoms with Crippen LogP contribution in [-0.2, 0) is 15.3 Å². The fourth-order valence-corrected chi connectivity index (χ4v) is 1.76. The largest absolute Gasteiger partial charge is 0.388 e. The molecule has 1 aliphatic heterocycles. The van der Waals surface area contributed by atoms with Gasteiger partial charge in [-0.25, -0.2) is 0 Å². The predicted molar refractivity (Wildman–Crippen MR) is 59.9 cm³/mol. The first-order chi connectivity index (χ1) is 7.24. The molecule has 0 amide bonds.